The number of carbonyl (C=O) groups excluding carboxylic acids is 1. The number of H-pyrrole nitrogens is 1. The maximum absolute atomic E-state index is 12.0. The first-order chi connectivity index (χ1) is 10.4. The smallest absolute Gasteiger partial charge is 0.410 e. The standard InChI is InChI=1S/C15H21N3O4/c1-15(2,3)22-14(19)18-9-6-11(7-10-18)21-13-12(17-20)5-4-8-16-13/h4-5,8,11H,6-7,9-10H2,1-3H3/p+1. The Bertz CT molecular complexity index is 534. The minimum atomic E-state index is -0.492. The number of aromatic amines is 1. The molecule has 0 aliphatic carbocycles. The molecule has 0 radical (unpaired) electrons. The van der Waals surface area contributed by atoms with Gasteiger partial charge in [0.2, 0.25) is 5.69 Å². The fourth-order valence-corrected chi connectivity index (χ4v) is 2.23. The van der Waals surface area contributed by atoms with Crippen molar-refractivity contribution in [2.24, 2.45) is 5.18 Å². The summed E-state index contributed by atoms with van der Waals surface area (Å²) >= 11 is 0. The van der Waals surface area contributed by atoms with E-state index in [0.29, 0.717) is 31.8 Å². The summed E-state index contributed by atoms with van der Waals surface area (Å²) in [7, 11) is 0. The molecular weight excluding hydrogens is 286 g/mol. The van der Waals surface area contributed by atoms with Gasteiger partial charge in [-0.3, -0.25) is 0 Å². The Hall–Kier alpha value is -2.18. The second-order valence-corrected chi connectivity index (χ2v) is 6.26. The Morgan fingerprint density at radius 1 is 1.36 bits per heavy atom. The van der Waals surface area contributed by atoms with Crippen molar-refractivity contribution in [3.8, 4) is 5.88 Å². The van der Waals surface area contributed by atoms with Crippen molar-refractivity contribution in [2.75, 3.05) is 13.1 Å². The molecule has 0 spiro atoms. The Morgan fingerprint density at radius 3 is 2.64 bits per heavy atom. The van der Waals surface area contributed by atoms with Crippen LogP contribution in [0, 0.1) is 4.91 Å². The van der Waals surface area contributed by atoms with Crippen LogP contribution in [0.2, 0.25) is 0 Å². The van der Waals surface area contributed by atoms with Gasteiger partial charge in [0.1, 0.15) is 11.7 Å². The van der Waals surface area contributed by atoms with E-state index < -0.39 is 5.60 Å². The van der Waals surface area contributed by atoms with E-state index in [4.69, 9.17) is 9.47 Å². The molecule has 0 atom stereocenters. The molecule has 22 heavy (non-hydrogen) atoms. The Morgan fingerprint density at radius 2 is 2.05 bits per heavy atom. The average Bonchev–Trinajstić information content (AvgIpc) is 2.47. The molecule has 1 fully saturated rings. The number of carbonyl (C=O) groups is 1. The predicted octanol–water partition coefficient (Wildman–Crippen LogP) is 2.68. The van der Waals surface area contributed by atoms with E-state index in [2.05, 4.69) is 10.2 Å². The molecule has 1 saturated heterocycles. The minimum Gasteiger partial charge on any atom is -0.444 e. The van der Waals surface area contributed by atoms with Gasteiger partial charge in [-0.15, -0.1) is 4.91 Å². The number of ether oxygens (including phenoxy) is 2. The van der Waals surface area contributed by atoms with Gasteiger partial charge in [0, 0.05) is 32.0 Å². The topological polar surface area (TPSA) is 82.3 Å². The highest BCUT2D eigenvalue weighted by Crippen LogP contribution is 2.25. The summed E-state index contributed by atoms with van der Waals surface area (Å²) in [5, 5.41) is 2.93. The van der Waals surface area contributed by atoms with E-state index in [9.17, 15) is 9.70 Å². The third-order valence-electron chi connectivity index (χ3n) is 3.27. The Balaban J connectivity index is 1.87. The maximum Gasteiger partial charge on any atom is 0.410 e. The van der Waals surface area contributed by atoms with Gasteiger partial charge >= 0.3 is 12.0 Å². The summed E-state index contributed by atoms with van der Waals surface area (Å²) in [4.78, 5) is 27.3. The van der Waals surface area contributed by atoms with Crippen molar-refractivity contribution in [3.63, 3.8) is 0 Å². The number of pyridine rings is 1. The van der Waals surface area contributed by atoms with E-state index in [0.717, 1.165) is 0 Å². The van der Waals surface area contributed by atoms with E-state index in [1.165, 1.54) is 0 Å². The lowest BCUT2D eigenvalue weighted by molar-refractivity contribution is -0.396. The number of nitroso groups, excluding NO2 is 1. The van der Waals surface area contributed by atoms with E-state index in [1.54, 1.807) is 23.2 Å². The van der Waals surface area contributed by atoms with Crippen molar-refractivity contribution in [1.29, 1.82) is 0 Å². The lowest BCUT2D eigenvalue weighted by Gasteiger charge is -2.32. The van der Waals surface area contributed by atoms with Gasteiger partial charge in [-0.25, -0.2) is 4.79 Å². The summed E-state index contributed by atoms with van der Waals surface area (Å²) < 4.78 is 11.1. The first kappa shape index (κ1) is 16.2. The molecule has 7 heteroatoms. The lowest BCUT2D eigenvalue weighted by atomic mass is 10.1. The van der Waals surface area contributed by atoms with Crippen LogP contribution >= 0.6 is 0 Å². The molecule has 1 aliphatic rings. The van der Waals surface area contributed by atoms with Gasteiger partial charge in [0.15, 0.2) is 6.20 Å². The second kappa shape index (κ2) is 6.72. The molecule has 0 unspecified atom stereocenters. The molecule has 0 saturated carbocycles. The van der Waals surface area contributed by atoms with Crippen LogP contribution in [0.3, 0.4) is 0 Å². The van der Waals surface area contributed by atoms with Gasteiger partial charge in [0.25, 0.3) is 0 Å². The summed E-state index contributed by atoms with van der Waals surface area (Å²) in [6, 6.07) is 3.28. The van der Waals surface area contributed by atoms with Crippen LogP contribution in [-0.4, -0.2) is 35.8 Å². The highest BCUT2D eigenvalue weighted by Gasteiger charge is 2.29. The normalized spacial score (nSPS) is 16.2. The van der Waals surface area contributed by atoms with Crippen molar-refractivity contribution in [1.82, 2.24) is 4.90 Å². The summed E-state index contributed by atoms with van der Waals surface area (Å²) in [5.74, 6) is 0.369. The van der Waals surface area contributed by atoms with Crippen molar-refractivity contribution in [2.45, 2.75) is 45.3 Å². The average molecular weight is 308 g/mol. The molecule has 7 nitrogen and oxygen atoms in total. The summed E-state index contributed by atoms with van der Waals surface area (Å²) in [6.45, 7) is 6.67. The molecule has 0 bridgehead atoms. The molecule has 120 valence electrons. The molecule has 1 aromatic rings. The number of piperidine rings is 1. The molecular formula is C15H22N3O4+. The number of nitrogens with zero attached hydrogens (tertiary/aromatic N) is 2. The van der Waals surface area contributed by atoms with Crippen LogP contribution in [0.1, 0.15) is 33.6 Å². The summed E-state index contributed by atoms with van der Waals surface area (Å²) in [5.41, 5.74) is -0.245. The van der Waals surface area contributed by atoms with Gasteiger partial charge < -0.3 is 14.4 Å². The zero-order valence-corrected chi connectivity index (χ0v) is 13.2. The molecule has 2 rings (SSSR count). The lowest BCUT2D eigenvalue weighted by Crippen LogP contribution is -2.44. The number of aromatic nitrogens is 1. The highest BCUT2D eigenvalue weighted by atomic mass is 16.6. The number of hydrogen-bond donors (Lipinski definition) is 0. The Labute approximate surface area is 129 Å². The van der Waals surface area contributed by atoms with Crippen molar-refractivity contribution >= 4 is 11.8 Å². The van der Waals surface area contributed by atoms with Gasteiger partial charge in [-0.1, -0.05) is 0 Å². The van der Waals surface area contributed by atoms with Crippen LogP contribution in [0.25, 0.3) is 0 Å². The first-order valence-corrected chi connectivity index (χ1v) is 7.37. The van der Waals surface area contributed by atoms with Gasteiger partial charge in [-0.2, -0.15) is 4.98 Å². The molecule has 1 amide bonds. The minimum absolute atomic E-state index is 0.0576. The Kier molecular flexibility index (Phi) is 4.95. The van der Waals surface area contributed by atoms with Gasteiger partial charge in [-0.05, 0) is 32.0 Å². The molecule has 2 heterocycles. The van der Waals surface area contributed by atoms with Crippen molar-refractivity contribution in [3.05, 3.63) is 23.2 Å². The van der Waals surface area contributed by atoms with Crippen LogP contribution < -0.4 is 9.72 Å². The highest BCUT2D eigenvalue weighted by molar-refractivity contribution is 5.68. The van der Waals surface area contributed by atoms with Crippen LogP contribution in [0.4, 0.5) is 10.5 Å². The maximum atomic E-state index is 12.0. The molecule has 1 N–H and O–H groups in total. The molecule has 1 aliphatic heterocycles. The van der Waals surface area contributed by atoms with E-state index in [1.807, 2.05) is 20.8 Å². The largest absolute Gasteiger partial charge is 0.444 e. The van der Waals surface area contributed by atoms with Crippen LogP contribution in [0.5, 0.6) is 5.88 Å². The third-order valence-corrected chi connectivity index (χ3v) is 3.27. The van der Waals surface area contributed by atoms with E-state index >= 15 is 0 Å². The quantitative estimate of drug-likeness (QED) is 0.804. The fourth-order valence-electron chi connectivity index (χ4n) is 2.23. The third kappa shape index (κ3) is 4.41. The van der Waals surface area contributed by atoms with Crippen molar-refractivity contribution < 1.29 is 19.3 Å². The zero-order valence-electron chi connectivity index (χ0n) is 13.2. The zero-order chi connectivity index (χ0) is 16.2. The monoisotopic (exact) mass is 308 g/mol. The number of hydrogen-bond acceptors (Lipinski definition) is 5. The first-order valence-electron chi connectivity index (χ1n) is 7.37. The van der Waals surface area contributed by atoms with E-state index in [-0.39, 0.29) is 17.9 Å². The number of amides is 1. The van der Waals surface area contributed by atoms with Gasteiger partial charge in [0.05, 0.1) is 0 Å². The summed E-state index contributed by atoms with van der Waals surface area (Å²) in [6.07, 6.45) is 2.69. The molecule has 1 aromatic heterocycles. The molecule has 0 aromatic carbocycles. The predicted molar refractivity (Wildman–Crippen MR) is 79.9 cm³/mol. The second-order valence-electron chi connectivity index (χ2n) is 6.26. The number of rotatable bonds is 3. The number of nitrogens with one attached hydrogen (secondary N) is 1. The SMILES string of the molecule is CC(C)(C)OC(=O)N1CCC(Oc2[nH+]cccc2N=O)CC1. The van der Waals surface area contributed by atoms with Crippen LogP contribution in [0.15, 0.2) is 23.5 Å². The number of likely N-dealkylation sites (tertiary alicyclic amines) is 1. The fraction of sp³-hybridized carbons (Fsp3) is 0.600. The van der Waals surface area contributed by atoms with Crippen LogP contribution in [-0.2, 0) is 4.74 Å².